The van der Waals surface area contributed by atoms with E-state index in [1.807, 2.05) is 0 Å². The third-order valence-corrected chi connectivity index (χ3v) is 1.91. The zero-order valence-corrected chi connectivity index (χ0v) is 10.2. The molecule has 0 amide bonds. The molecule has 0 bridgehead atoms. The molecule has 0 aliphatic carbocycles. The number of carboxylic acids is 2. The van der Waals surface area contributed by atoms with Gasteiger partial charge in [-0.3, -0.25) is 0 Å². The molecule has 8 heteroatoms. The van der Waals surface area contributed by atoms with E-state index in [1.54, 1.807) is 0 Å². The fourth-order valence-corrected chi connectivity index (χ4v) is 1.10. The van der Waals surface area contributed by atoms with Gasteiger partial charge in [0.2, 0.25) is 0 Å². The third-order valence-electron chi connectivity index (χ3n) is 1.27. The summed E-state index contributed by atoms with van der Waals surface area (Å²) in [6, 6.07) is 2.55. The predicted octanol–water partition coefficient (Wildman–Crippen LogP) is 2.08. The molecule has 0 saturated heterocycles. The molecule has 0 atom stereocenters. The maximum atomic E-state index is 10.5. The summed E-state index contributed by atoms with van der Waals surface area (Å²) in [5.74, 6) is -2.52. The quantitative estimate of drug-likeness (QED) is 0.871. The van der Waals surface area contributed by atoms with Crippen molar-refractivity contribution in [2.45, 2.75) is 0 Å². The smallest absolute Gasteiger partial charge is 0.355 e. The van der Waals surface area contributed by atoms with Crippen molar-refractivity contribution < 1.29 is 19.8 Å². The van der Waals surface area contributed by atoms with E-state index in [0.717, 1.165) is 0 Å². The number of halogens is 3. The zero-order chi connectivity index (χ0) is 10.0. The van der Waals surface area contributed by atoms with Gasteiger partial charge in [0.1, 0.15) is 5.69 Å². The average molecular weight is 319 g/mol. The fourth-order valence-electron chi connectivity index (χ4n) is 0.711. The minimum Gasteiger partial charge on any atom is -0.477 e. The Balaban J connectivity index is 0. The Hall–Kier alpha value is -0.850. The first kappa shape index (κ1) is 16.6. The average Bonchev–Trinajstić information content (AvgIpc) is 2.04. The van der Waals surface area contributed by atoms with E-state index in [0.29, 0.717) is 0 Å². The van der Waals surface area contributed by atoms with Crippen LogP contribution in [0.5, 0.6) is 0 Å². The molecule has 0 aliphatic heterocycles. The van der Waals surface area contributed by atoms with E-state index in [4.69, 9.17) is 10.2 Å². The maximum absolute atomic E-state index is 10.5. The van der Waals surface area contributed by atoms with Gasteiger partial charge in [-0.05, 0) is 28.1 Å². The van der Waals surface area contributed by atoms with Gasteiger partial charge in [0, 0.05) is 0 Å². The van der Waals surface area contributed by atoms with E-state index in [2.05, 4.69) is 20.9 Å². The van der Waals surface area contributed by atoms with Gasteiger partial charge in [-0.15, -0.1) is 24.8 Å². The summed E-state index contributed by atoms with van der Waals surface area (Å²) >= 11 is 2.94. The van der Waals surface area contributed by atoms with Crippen molar-refractivity contribution in [3.8, 4) is 0 Å². The Labute approximate surface area is 105 Å². The van der Waals surface area contributed by atoms with Crippen LogP contribution in [0.3, 0.4) is 0 Å². The number of hydrogen-bond donors (Lipinski definition) is 2. The molecule has 15 heavy (non-hydrogen) atoms. The van der Waals surface area contributed by atoms with E-state index < -0.39 is 11.9 Å². The second kappa shape index (κ2) is 6.60. The Morgan fingerprint density at radius 1 is 1.13 bits per heavy atom. The molecule has 0 radical (unpaired) electrons. The van der Waals surface area contributed by atoms with E-state index in [-0.39, 0.29) is 40.7 Å². The van der Waals surface area contributed by atoms with Crippen LogP contribution in [0, 0.1) is 0 Å². The predicted molar refractivity (Wildman–Crippen MR) is 60.4 cm³/mol. The van der Waals surface area contributed by atoms with Crippen molar-refractivity contribution >= 4 is 52.7 Å². The molecule has 0 unspecified atom stereocenters. The van der Waals surface area contributed by atoms with Crippen LogP contribution in [-0.2, 0) is 0 Å². The van der Waals surface area contributed by atoms with Gasteiger partial charge in [0.25, 0.3) is 0 Å². The summed E-state index contributed by atoms with van der Waals surface area (Å²) in [4.78, 5) is 24.4. The second-order valence-corrected chi connectivity index (χ2v) is 2.99. The van der Waals surface area contributed by atoms with Crippen molar-refractivity contribution in [3.63, 3.8) is 0 Å². The Morgan fingerprint density at radius 2 is 1.67 bits per heavy atom. The second-order valence-electron chi connectivity index (χ2n) is 2.14. The van der Waals surface area contributed by atoms with Gasteiger partial charge >= 0.3 is 11.9 Å². The standard InChI is InChI=1S/C7H4BrNO4.2ClH/c8-3-1-2-4(6(10)11)9-5(3)7(12)13;;/h1-2H,(H,10,11)(H,12,13);2*1H. The van der Waals surface area contributed by atoms with Gasteiger partial charge in [0.15, 0.2) is 5.69 Å². The number of carbonyl (C=O) groups is 2. The highest BCUT2D eigenvalue weighted by Gasteiger charge is 2.13. The van der Waals surface area contributed by atoms with Gasteiger partial charge in [-0.1, -0.05) is 0 Å². The number of aromatic nitrogens is 1. The molecule has 1 aromatic rings. The molecule has 0 fully saturated rings. The van der Waals surface area contributed by atoms with Crippen LogP contribution in [0.4, 0.5) is 0 Å². The highest BCUT2D eigenvalue weighted by molar-refractivity contribution is 9.10. The van der Waals surface area contributed by atoms with Crippen LogP contribution in [-0.4, -0.2) is 27.1 Å². The molecule has 5 nitrogen and oxygen atoms in total. The van der Waals surface area contributed by atoms with Crippen LogP contribution in [0.25, 0.3) is 0 Å². The van der Waals surface area contributed by atoms with Crippen molar-refractivity contribution in [2.24, 2.45) is 0 Å². The fraction of sp³-hybridized carbons (Fsp3) is 0. The SMILES string of the molecule is Cl.Cl.O=C(O)c1ccc(Br)c(C(=O)O)n1. The summed E-state index contributed by atoms with van der Waals surface area (Å²) in [6.45, 7) is 0. The maximum Gasteiger partial charge on any atom is 0.355 e. The monoisotopic (exact) mass is 317 g/mol. The summed E-state index contributed by atoms with van der Waals surface area (Å²) in [6.07, 6.45) is 0. The number of pyridine rings is 1. The van der Waals surface area contributed by atoms with Crippen LogP contribution in [0.2, 0.25) is 0 Å². The van der Waals surface area contributed by atoms with E-state index in [1.165, 1.54) is 12.1 Å². The van der Waals surface area contributed by atoms with Gasteiger partial charge in [-0.25, -0.2) is 14.6 Å². The lowest BCUT2D eigenvalue weighted by Gasteiger charge is -1.98. The topological polar surface area (TPSA) is 87.5 Å². The lowest BCUT2D eigenvalue weighted by atomic mass is 10.3. The third kappa shape index (κ3) is 4.03. The molecule has 1 rings (SSSR count). The molecule has 84 valence electrons. The van der Waals surface area contributed by atoms with Crippen LogP contribution >= 0.6 is 40.7 Å². The van der Waals surface area contributed by atoms with Crippen molar-refractivity contribution in [1.82, 2.24) is 4.98 Å². The first-order chi connectivity index (χ1) is 6.02. The lowest BCUT2D eigenvalue weighted by molar-refractivity contribution is 0.0684. The highest BCUT2D eigenvalue weighted by atomic mass is 79.9. The van der Waals surface area contributed by atoms with Crippen LogP contribution in [0.15, 0.2) is 16.6 Å². The van der Waals surface area contributed by atoms with Gasteiger partial charge < -0.3 is 10.2 Å². The first-order valence-corrected chi connectivity index (χ1v) is 3.95. The largest absolute Gasteiger partial charge is 0.477 e. The number of rotatable bonds is 2. The Bertz CT molecular complexity index is 385. The summed E-state index contributed by atoms with van der Waals surface area (Å²) in [7, 11) is 0. The normalized spacial score (nSPS) is 8.33. The summed E-state index contributed by atoms with van der Waals surface area (Å²) in [5.41, 5.74) is -0.597. The molecule has 1 heterocycles. The molecule has 0 spiro atoms. The highest BCUT2D eigenvalue weighted by Crippen LogP contribution is 2.14. The Kier molecular flexibility index (Phi) is 7.29. The first-order valence-electron chi connectivity index (χ1n) is 3.15. The number of carboxylic acid groups (broad SMARTS) is 2. The van der Waals surface area contributed by atoms with E-state index >= 15 is 0 Å². The Morgan fingerprint density at radius 3 is 2.07 bits per heavy atom. The minimum atomic E-state index is -1.27. The number of nitrogens with zero attached hydrogens (tertiary/aromatic N) is 1. The summed E-state index contributed by atoms with van der Waals surface area (Å²) < 4.78 is 0.255. The molecular formula is C7H6BrCl2NO4. The molecule has 2 N–H and O–H groups in total. The lowest BCUT2D eigenvalue weighted by Crippen LogP contribution is -2.07. The minimum absolute atomic E-state index is 0. The zero-order valence-electron chi connectivity index (χ0n) is 7.01. The van der Waals surface area contributed by atoms with Crippen molar-refractivity contribution in [3.05, 3.63) is 28.0 Å². The molecule has 0 saturated carbocycles. The molecular weight excluding hydrogens is 313 g/mol. The summed E-state index contributed by atoms with van der Waals surface area (Å²) in [5, 5.41) is 17.1. The van der Waals surface area contributed by atoms with Crippen LogP contribution in [0.1, 0.15) is 21.0 Å². The number of aromatic carboxylic acids is 2. The van der Waals surface area contributed by atoms with Crippen molar-refractivity contribution in [1.29, 1.82) is 0 Å². The van der Waals surface area contributed by atoms with Crippen molar-refractivity contribution in [2.75, 3.05) is 0 Å². The number of hydrogen-bond acceptors (Lipinski definition) is 3. The molecule has 0 aromatic carbocycles. The van der Waals surface area contributed by atoms with Gasteiger partial charge in [0.05, 0.1) is 4.47 Å². The molecule has 1 aromatic heterocycles. The molecule has 0 aliphatic rings. The van der Waals surface area contributed by atoms with E-state index in [9.17, 15) is 9.59 Å². The van der Waals surface area contributed by atoms with Crippen LogP contribution < -0.4 is 0 Å². The van der Waals surface area contributed by atoms with Gasteiger partial charge in [-0.2, -0.15) is 0 Å².